The molecule has 0 aliphatic carbocycles. The SMILES string of the molecule is CNC(C(N)=O)c1ccc(O)c(Cl)c1. The number of primary amides is 1. The smallest absolute Gasteiger partial charge is 0.239 e. The number of benzene rings is 1. The Labute approximate surface area is 86.7 Å². The minimum atomic E-state index is -0.590. The fraction of sp³-hybridized carbons (Fsp3) is 0.222. The molecule has 0 bridgehead atoms. The largest absolute Gasteiger partial charge is 0.506 e. The maximum atomic E-state index is 11.0. The van der Waals surface area contributed by atoms with E-state index in [9.17, 15) is 4.79 Å². The fourth-order valence-corrected chi connectivity index (χ4v) is 1.36. The monoisotopic (exact) mass is 214 g/mol. The van der Waals surface area contributed by atoms with Crippen LogP contribution < -0.4 is 11.1 Å². The summed E-state index contributed by atoms with van der Waals surface area (Å²) in [5.74, 6) is -0.510. The molecule has 0 aliphatic rings. The van der Waals surface area contributed by atoms with Gasteiger partial charge in [0, 0.05) is 0 Å². The summed E-state index contributed by atoms with van der Waals surface area (Å²) in [6.07, 6.45) is 0. The molecule has 0 radical (unpaired) electrons. The zero-order chi connectivity index (χ0) is 10.7. The Hall–Kier alpha value is -1.26. The first-order valence-electron chi connectivity index (χ1n) is 4.01. The number of halogens is 1. The van der Waals surface area contributed by atoms with E-state index in [1.807, 2.05) is 0 Å². The van der Waals surface area contributed by atoms with Crippen molar-refractivity contribution in [3.8, 4) is 5.75 Å². The molecule has 0 heterocycles. The van der Waals surface area contributed by atoms with Gasteiger partial charge in [-0.25, -0.2) is 0 Å². The van der Waals surface area contributed by atoms with E-state index < -0.39 is 11.9 Å². The van der Waals surface area contributed by atoms with Crippen LogP contribution >= 0.6 is 11.6 Å². The molecule has 1 unspecified atom stereocenters. The van der Waals surface area contributed by atoms with Crippen LogP contribution in [-0.4, -0.2) is 18.1 Å². The van der Waals surface area contributed by atoms with E-state index >= 15 is 0 Å². The van der Waals surface area contributed by atoms with Crippen LogP contribution in [0.25, 0.3) is 0 Å². The number of nitrogens with one attached hydrogen (secondary N) is 1. The first kappa shape index (κ1) is 10.8. The summed E-state index contributed by atoms with van der Waals surface area (Å²) >= 11 is 5.69. The van der Waals surface area contributed by atoms with Gasteiger partial charge in [-0.05, 0) is 24.7 Å². The third-order valence-corrected chi connectivity index (χ3v) is 2.18. The molecular weight excluding hydrogens is 204 g/mol. The minimum Gasteiger partial charge on any atom is -0.506 e. The number of phenolic OH excluding ortho intramolecular Hbond substituents is 1. The Morgan fingerprint density at radius 3 is 2.71 bits per heavy atom. The number of carbonyl (C=O) groups excluding carboxylic acids is 1. The van der Waals surface area contributed by atoms with Crippen LogP contribution in [0.2, 0.25) is 5.02 Å². The standard InChI is InChI=1S/C9H11ClN2O2/c1-12-8(9(11)14)5-2-3-7(13)6(10)4-5/h2-4,8,12-13H,1H3,(H2,11,14). The van der Waals surface area contributed by atoms with Crippen molar-refractivity contribution in [3.63, 3.8) is 0 Å². The van der Waals surface area contributed by atoms with Crippen molar-refractivity contribution in [1.82, 2.24) is 5.32 Å². The first-order chi connectivity index (χ1) is 6.56. The molecule has 1 atom stereocenters. The molecule has 14 heavy (non-hydrogen) atoms. The Morgan fingerprint density at radius 1 is 1.64 bits per heavy atom. The molecule has 0 saturated carbocycles. The second-order valence-corrected chi connectivity index (χ2v) is 3.24. The Bertz CT molecular complexity index is 355. The number of rotatable bonds is 3. The number of carbonyl (C=O) groups is 1. The van der Waals surface area contributed by atoms with Crippen LogP contribution in [0.4, 0.5) is 0 Å². The lowest BCUT2D eigenvalue weighted by atomic mass is 10.1. The van der Waals surface area contributed by atoms with Gasteiger partial charge in [0.2, 0.25) is 5.91 Å². The second-order valence-electron chi connectivity index (χ2n) is 2.83. The summed E-state index contributed by atoms with van der Waals surface area (Å²) in [7, 11) is 1.62. The van der Waals surface area contributed by atoms with Gasteiger partial charge in [-0.3, -0.25) is 4.79 Å². The third kappa shape index (κ3) is 2.16. The van der Waals surface area contributed by atoms with E-state index in [-0.39, 0.29) is 10.8 Å². The van der Waals surface area contributed by atoms with Crippen molar-refractivity contribution in [3.05, 3.63) is 28.8 Å². The molecule has 1 rings (SSSR count). The summed E-state index contributed by atoms with van der Waals surface area (Å²) in [4.78, 5) is 11.0. The highest BCUT2D eigenvalue weighted by atomic mass is 35.5. The predicted molar refractivity (Wildman–Crippen MR) is 54.1 cm³/mol. The lowest BCUT2D eigenvalue weighted by Gasteiger charge is -2.12. The molecule has 0 saturated heterocycles. The Balaban J connectivity index is 3.06. The van der Waals surface area contributed by atoms with Gasteiger partial charge in [-0.1, -0.05) is 17.7 Å². The van der Waals surface area contributed by atoms with E-state index in [0.29, 0.717) is 5.56 Å². The van der Waals surface area contributed by atoms with Gasteiger partial charge < -0.3 is 16.2 Å². The van der Waals surface area contributed by atoms with Gasteiger partial charge in [0.05, 0.1) is 5.02 Å². The van der Waals surface area contributed by atoms with Crippen molar-refractivity contribution in [2.45, 2.75) is 6.04 Å². The molecule has 5 heteroatoms. The summed E-state index contributed by atoms with van der Waals surface area (Å²) in [5.41, 5.74) is 5.79. The molecular formula is C9H11ClN2O2. The quantitative estimate of drug-likeness (QED) is 0.697. The molecule has 0 aliphatic heterocycles. The highest BCUT2D eigenvalue weighted by Crippen LogP contribution is 2.26. The molecule has 1 aromatic carbocycles. The van der Waals surface area contributed by atoms with E-state index in [2.05, 4.69) is 5.32 Å². The molecule has 4 nitrogen and oxygen atoms in total. The summed E-state index contributed by atoms with van der Waals surface area (Å²) < 4.78 is 0. The van der Waals surface area contributed by atoms with Crippen molar-refractivity contribution in [2.75, 3.05) is 7.05 Å². The molecule has 0 spiro atoms. The van der Waals surface area contributed by atoms with E-state index in [0.717, 1.165) is 0 Å². The number of likely N-dealkylation sites (N-methyl/N-ethyl adjacent to an activating group) is 1. The number of amides is 1. The van der Waals surface area contributed by atoms with Crippen molar-refractivity contribution >= 4 is 17.5 Å². The van der Waals surface area contributed by atoms with Gasteiger partial charge in [0.1, 0.15) is 11.8 Å². The summed E-state index contributed by atoms with van der Waals surface area (Å²) in [6, 6.07) is 3.93. The normalized spacial score (nSPS) is 12.4. The molecule has 1 amide bonds. The number of nitrogens with two attached hydrogens (primary N) is 1. The molecule has 0 aromatic heterocycles. The van der Waals surface area contributed by atoms with Crippen LogP contribution in [0, 0.1) is 0 Å². The van der Waals surface area contributed by atoms with Gasteiger partial charge in [0.25, 0.3) is 0 Å². The van der Waals surface area contributed by atoms with Crippen LogP contribution in [-0.2, 0) is 4.79 Å². The second kappa shape index (κ2) is 4.30. The van der Waals surface area contributed by atoms with Crippen LogP contribution in [0.15, 0.2) is 18.2 Å². The maximum absolute atomic E-state index is 11.0. The lowest BCUT2D eigenvalue weighted by Crippen LogP contribution is -2.31. The maximum Gasteiger partial charge on any atom is 0.239 e. The highest BCUT2D eigenvalue weighted by molar-refractivity contribution is 6.32. The first-order valence-corrected chi connectivity index (χ1v) is 4.39. The summed E-state index contributed by atoms with van der Waals surface area (Å²) in [5, 5.41) is 12.1. The molecule has 4 N–H and O–H groups in total. The lowest BCUT2D eigenvalue weighted by molar-refractivity contribution is -0.120. The molecule has 76 valence electrons. The number of aromatic hydroxyl groups is 1. The average Bonchev–Trinajstić information content (AvgIpc) is 2.11. The minimum absolute atomic E-state index is 0.0188. The topological polar surface area (TPSA) is 75.3 Å². The van der Waals surface area contributed by atoms with Crippen molar-refractivity contribution in [2.24, 2.45) is 5.73 Å². The average molecular weight is 215 g/mol. The van der Waals surface area contributed by atoms with Crippen LogP contribution in [0.5, 0.6) is 5.75 Å². The van der Waals surface area contributed by atoms with Crippen LogP contribution in [0.1, 0.15) is 11.6 Å². The van der Waals surface area contributed by atoms with E-state index in [4.69, 9.17) is 22.4 Å². The van der Waals surface area contributed by atoms with Crippen molar-refractivity contribution < 1.29 is 9.90 Å². The number of hydrogen-bond acceptors (Lipinski definition) is 3. The highest BCUT2D eigenvalue weighted by Gasteiger charge is 2.15. The van der Waals surface area contributed by atoms with Crippen molar-refractivity contribution in [1.29, 1.82) is 0 Å². The molecule has 0 fully saturated rings. The molecule has 1 aromatic rings. The zero-order valence-corrected chi connectivity index (χ0v) is 8.38. The summed E-state index contributed by atoms with van der Waals surface area (Å²) in [6.45, 7) is 0. The third-order valence-electron chi connectivity index (χ3n) is 1.88. The van der Waals surface area contributed by atoms with E-state index in [1.54, 1.807) is 13.1 Å². The van der Waals surface area contributed by atoms with Gasteiger partial charge in [-0.2, -0.15) is 0 Å². The fourth-order valence-electron chi connectivity index (χ4n) is 1.18. The van der Waals surface area contributed by atoms with Gasteiger partial charge >= 0.3 is 0 Å². The number of hydrogen-bond donors (Lipinski definition) is 3. The van der Waals surface area contributed by atoms with Gasteiger partial charge in [0.15, 0.2) is 0 Å². The Kier molecular flexibility index (Phi) is 3.33. The Morgan fingerprint density at radius 2 is 2.29 bits per heavy atom. The number of phenols is 1. The van der Waals surface area contributed by atoms with Gasteiger partial charge in [-0.15, -0.1) is 0 Å². The zero-order valence-electron chi connectivity index (χ0n) is 7.62. The van der Waals surface area contributed by atoms with Crippen LogP contribution in [0.3, 0.4) is 0 Å². The van der Waals surface area contributed by atoms with E-state index in [1.165, 1.54) is 12.1 Å². The predicted octanol–water partition coefficient (Wildman–Crippen LogP) is 0.791.